The van der Waals surface area contributed by atoms with Crippen LogP contribution in [0.25, 0.3) is 11.1 Å². The highest BCUT2D eigenvalue weighted by Gasteiger charge is 2.26. The van der Waals surface area contributed by atoms with Gasteiger partial charge in [-0.3, -0.25) is 0 Å². The van der Waals surface area contributed by atoms with Gasteiger partial charge in [-0.2, -0.15) is 0 Å². The number of aryl methyl sites for hydroxylation is 3. The van der Waals surface area contributed by atoms with Crippen molar-refractivity contribution < 1.29 is 17.6 Å². The lowest BCUT2D eigenvalue weighted by Crippen LogP contribution is -2.16. The summed E-state index contributed by atoms with van der Waals surface area (Å²) in [5, 5.41) is 0. The minimum absolute atomic E-state index is 0.0174. The predicted octanol–water partition coefficient (Wildman–Crippen LogP) is 9.33. The summed E-state index contributed by atoms with van der Waals surface area (Å²) in [6.45, 7) is 3.93. The van der Waals surface area contributed by atoms with Crippen molar-refractivity contribution in [1.82, 2.24) is 0 Å². The third-order valence-corrected chi connectivity index (χ3v) is 7.65. The van der Waals surface area contributed by atoms with Crippen LogP contribution in [-0.2, 0) is 19.3 Å². The third-order valence-electron chi connectivity index (χ3n) is 7.65. The smallest absolute Gasteiger partial charge is 0.166 e. The molecule has 0 atom stereocenters. The molecule has 1 saturated carbocycles. The molecule has 3 aromatic rings. The largest absolute Gasteiger partial charge is 0.203 e. The van der Waals surface area contributed by atoms with Crippen molar-refractivity contribution in [3.8, 4) is 11.1 Å². The van der Waals surface area contributed by atoms with Gasteiger partial charge in [-0.15, -0.1) is 0 Å². The second-order valence-electron chi connectivity index (χ2n) is 9.90. The Kier molecular flexibility index (Phi) is 8.30. The lowest BCUT2D eigenvalue weighted by atomic mass is 9.76. The molecule has 0 heterocycles. The molecule has 4 heteroatoms. The van der Waals surface area contributed by atoms with Crippen LogP contribution in [0.5, 0.6) is 0 Å². The molecular formula is C31H34F4. The zero-order chi connectivity index (χ0) is 24.9. The van der Waals surface area contributed by atoms with Crippen LogP contribution >= 0.6 is 0 Å². The lowest BCUT2D eigenvalue weighted by Gasteiger charge is -2.29. The Morgan fingerprint density at radius 1 is 0.657 bits per heavy atom. The monoisotopic (exact) mass is 482 g/mol. The van der Waals surface area contributed by atoms with Gasteiger partial charge in [-0.25, -0.2) is 17.6 Å². The Morgan fingerprint density at radius 3 is 1.97 bits per heavy atom. The summed E-state index contributed by atoms with van der Waals surface area (Å²) in [6.07, 6.45) is 7.06. The van der Waals surface area contributed by atoms with Crippen molar-refractivity contribution >= 4 is 0 Å². The Balaban J connectivity index is 1.36. The Hall–Kier alpha value is -2.62. The second-order valence-corrected chi connectivity index (χ2v) is 9.90. The van der Waals surface area contributed by atoms with E-state index in [1.54, 1.807) is 24.3 Å². The molecule has 0 N–H and O–H groups in total. The fraction of sp³-hybridized carbons (Fsp3) is 0.419. The first kappa shape index (κ1) is 25.5. The summed E-state index contributed by atoms with van der Waals surface area (Å²) in [5.41, 5.74) is 3.45. The van der Waals surface area contributed by atoms with E-state index in [1.807, 2.05) is 31.2 Å². The topological polar surface area (TPSA) is 0 Å². The van der Waals surface area contributed by atoms with Crippen LogP contribution in [0.4, 0.5) is 17.6 Å². The molecule has 4 rings (SSSR count). The summed E-state index contributed by atoms with van der Waals surface area (Å²) in [7, 11) is 0. The van der Waals surface area contributed by atoms with Gasteiger partial charge in [-0.05, 0) is 91.0 Å². The van der Waals surface area contributed by atoms with Crippen molar-refractivity contribution in [1.29, 1.82) is 0 Å². The Labute approximate surface area is 206 Å². The number of hydrogen-bond donors (Lipinski definition) is 0. The molecule has 0 aromatic heterocycles. The average molecular weight is 483 g/mol. The van der Waals surface area contributed by atoms with Gasteiger partial charge in [0.15, 0.2) is 23.3 Å². The van der Waals surface area contributed by atoms with Crippen LogP contribution < -0.4 is 0 Å². The highest BCUT2D eigenvalue weighted by molar-refractivity contribution is 5.65. The maximum Gasteiger partial charge on any atom is 0.166 e. The quantitative estimate of drug-likeness (QED) is 0.281. The van der Waals surface area contributed by atoms with Crippen molar-refractivity contribution in [3.05, 3.63) is 94.1 Å². The van der Waals surface area contributed by atoms with E-state index in [0.717, 1.165) is 44.9 Å². The van der Waals surface area contributed by atoms with Crippen molar-refractivity contribution in [2.75, 3.05) is 0 Å². The number of rotatable bonds is 8. The summed E-state index contributed by atoms with van der Waals surface area (Å²) in [6, 6.07) is 14.5. The highest BCUT2D eigenvalue weighted by atomic mass is 19.2. The van der Waals surface area contributed by atoms with E-state index in [1.165, 1.54) is 5.56 Å². The van der Waals surface area contributed by atoms with Gasteiger partial charge in [0.05, 0.1) is 0 Å². The maximum absolute atomic E-state index is 14.9. The molecule has 0 radical (unpaired) electrons. The summed E-state index contributed by atoms with van der Waals surface area (Å²) in [4.78, 5) is 0. The molecule has 1 aliphatic rings. The van der Waals surface area contributed by atoms with E-state index >= 15 is 0 Å². The zero-order valence-corrected chi connectivity index (χ0v) is 20.6. The summed E-state index contributed by atoms with van der Waals surface area (Å²) >= 11 is 0. The first-order chi connectivity index (χ1) is 16.9. The molecule has 0 unspecified atom stereocenters. The minimum Gasteiger partial charge on any atom is -0.203 e. The summed E-state index contributed by atoms with van der Waals surface area (Å²) in [5.74, 6) is -2.58. The van der Waals surface area contributed by atoms with Gasteiger partial charge in [0, 0.05) is 5.56 Å². The molecule has 3 aromatic carbocycles. The SMILES string of the molecule is CCCc1ccc(-c2ccc(CCC3CCC(c4ccc(CC)c(F)c4F)CC3)c(F)c2F)cc1. The first-order valence-corrected chi connectivity index (χ1v) is 13.0. The second kappa shape index (κ2) is 11.4. The number of benzene rings is 3. The molecule has 0 amide bonds. The zero-order valence-electron chi connectivity index (χ0n) is 20.6. The van der Waals surface area contributed by atoms with Gasteiger partial charge in [-0.1, -0.05) is 68.8 Å². The van der Waals surface area contributed by atoms with Crippen molar-refractivity contribution in [3.63, 3.8) is 0 Å². The average Bonchev–Trinajstić information content (AvgIpc) is 2.88. The molecule has 0 spiro atoms. The van der Waals surface area contributed by atoms with E-state index in [4.69, 9.17) is 0 Å². The van der Waals surface area contributed by atoms with E-state index in [9.17, 15) is 17.6 Å². The van der Waals surface area contributed by atoms with Gasteiger partial charge >= 0.3 is 0 Å². The Bertz CT molecular complexity index is 1140. The van der Waals surface area contributed by atoms with E-state index in [-0.39, 0.29) is 11.5 Å². The van der Waals surface area contributed by atoms with Gasteiger partial charge < -0.3 is 0 Å². The molecule has 1 aliphatic carbocycles. The molecule has 0 nitrogen and oxygen atoms in total. The van der Waals surface area contributed by atoms with Gasteiger partial charge in [0.1, 0.15) is 0 Å². The third kappa shape index (κ3) is 5.63. The molecular weight excluding hydrogens is 448 g/mol. The molecule has 35 heavy (non-hydrogen) atoms. The number of hydrogen-bond acceptors (Lipinski definition) is 0. The van der Waals surface area contributed by atoms with Crippen molar-refractivity contribution in [2.24, 2.45) is 5.92 Å². The van der Waals surface area contributed by atoms with E-state index in [2.05, 4.69) is 6.92 Å². The molecule has 186 valence electrons. The molecule has 0 aliphatic heterocycles. The van der Waals surface area contributed by atoms with Crippen LogP contribution in [0.1, 0.15) is 80.5 Å². The lowest BCUT2D eigenvalue weighted by molar-refractivity contribution is 0.303. The number of halogens is 4. The van der Waals surface area contributed by atoms with Crippen LogP contribution in [0.15, 0.2) is 48.5 Å². The molecule has 1 fully saturated rings. The van der Waals surface area contributed by atoms with Gasteiger partial charge in [0.2, 0.25) is 0 Å². The standard InChI is InChI=1S/C31H34F4/c1-3-5-20-6-11-23(12-7-20)27-19-17-25(29(33)31(27)35)15-10-21-8-13-24(14-9-21)26-18-16-22(4-2)28(32)30(26)34/h6-7,11-12,16-19,21,24H,3-5,8-10,13-15H2,1-2H3. The van der Waals surface area contributed by atoms with Crippen LogP contribution in [-0.4, -0.2) is 0 Å². The maximum atomic E-state index is 14.9. The molecule has 0 bridgehead atoms. The first-order valence-electron chi connectivity index (χ1n) is 13.0. The van der Waals surface area contributed by atoms with Crippen molar-refractivity contribution in [2.45, 2.75) is 77.6 Å². The fourth-order valence-corrected chi connectivity index (χ4v) is 5.46. The minimum atomic E-state index is -0.789. The highest BCUT2D eigenvalue weighted by Crippen LogP contribution is 2.39. The summed E-state index contributed by atoms with van der Waals surface area (Å²) < 4.78 is 58.5. The predicted molar refractivity (Wildman–Crippen MR) is 135 cm³/mol. The van der Waals surface area contributed by atoms with Gasteiger partial charge in [0.25, 0.3) is 0 Å². The van der Waals surface area contributed by atoms with Crippen LogP contribution in [0.3, 0.4) is 0 Å². The molecule has 0 saturated heterocycles. The van der Waals surface area contributed by atoms with Crippen LogP contribution in [0.2, 0.25) is 0 Å². The normalized spacial score (nSPS) is 18.1. The Morgan fingerprint density at radius 2 is 1.31 bits per heavy atom. The fourth-order valence-electron chi connectivity index (χ4n) is 5.46. The van der Waals surface area contributed by atoms with E-state index in [0.29, 0.717) is 41.0 Å². The van der Waals surface area contributed by atoms with E-state index < -0.39 is 23.3 Å². The van der Waals surface area contributed by atoms with Crippen LogP contribution in [0, 0.1) is 29.2 Å².